The molecule has 2 aromatic carbocycles. The minimum atomic E-state index is -0.483. The second kappa shape index (κ2) is 14.3. The van der Waals surface area contributed by atoms with Crippen molar-refractivity contribution in [2.75, 3.05) is 26.1 Å². The lowest BCUT2D eigenvalue weighted by Gasteiger charge is -2.10. The van der Waals surface area contributed by atoms with Gasteiger partial charge in [0.25, 0.3) is 17.0 Å². The Bertz CT molecular complexity index is 1260. The lowest BCUT2D eigenvalue weighted by Crippen LogP contribution is -2.19. The van der Waals surface area contributed by atoms with Crippen LogP contribution in [0.1, 0.15) is 18.4 Å². The van der Waals surface area contributed by atoms with Gasteiger partial charge in [-0.25, -0.2) is 10.2 Å². The van der Waals surface area contributed by atoms with E-state index >= 15 is 0 Å². The van der Waals surface area contributed by atoms with Crippen molar-refractivity contribution in [1.29, 1.82) is 0 Å². The lowest BCUT2D eigenvalue weighted by atomic mass is 10.2. The van der Waals surface area contributed by atoms with Crippen LogP contribution in [0.5, 0.6) is 17.2 Å². The molecule has 37 heavy (non-hydrogen) atoms. The van der Waals surface area contributed by atoms with Crippen LogP contribution < -0.4 is 19.6 Å². The number of amides is 1. The van der Waals surface area contributed by atoms with Crippen molar-refractivity contribution in [3.05, 3.63) is 57.9 Å². The first-order valence-electron chi connectivity index (χ1n) is 10.7. The molecule has 1 aromatic heterocycles. The van der Waals surface area contributed by atoms with Crippen molar-refractivity contribution < 1.29 is 33.0 Å². The summed E-state index contributed by atoms with van der Waals surface area (Å²) in [6.45, 7) is 1.74. The largest absolute Gasteiger partial charge is 0.493 e. The molecule has 0 radical (unpaired) electrons. The summed E-state index contributed by atoms with van der Waals surface area (Å²) in [7, 11) is 1.47. The molecule has 0 unspecified atom stereocenters. The number of rotatable bonds is 13. The van der Waals surface area contributed by atoms with Crippen molar-refractivity contribution in [1.82, 2.24) is 15.6 Å². The highest BCUT2D eigenvalue weighted by Gasteiger charge is 2.12. The third-order valence-corrected chi connectivity index (χ3v) is 5.61. The molecule has 0 atom stereocenters. The maximum Gasteiger partial charge on any atom is 0.344 e. The Morgan fingerprint density at radius 2 is 1.92 bits per heavy atom. The number of esters is 1. The van der Waals surface area contributed by atoms with Crippen LogP contribution in [0, 0.1) is 0 Å². The van der Waals surface area contributed by atoms with E-state index in [-0.39, 0.29) is 42.6 Å². The number of hydrazone groups is 1. The van der Waals surface area contributed by atoms with Crippen LogP contribution in [-0.4, -0.2) is 54.4 Å². The van der Waals surface area contributed by atoms with Crippen LogP contribution in [0.2, 0.25) is 10.0 Å². The second-order valence-electron chi connectivity index (χ2n) is 6.91. The number of hydrogen-bond acceptors (Lipinski definition) is 11. The van der Waals surface area contributed by atoms with Crippen LogP contribution in [0.3, 0.4) is 0 Å². The number of carbonyl (C=O) groups is 2. The number of carbonyl (C=O) groups excluding carboxylic acids is 2. The minimum absolute atomic E-state index is 0.00151. The molecule has 0 aliphatic heterocycles. The van der Waals surface area contributed by atoms with E-state index in [4.69, 9.17) is 46.6 Å². The quantitative estimate of drug-likeness (QED) is 0.138. The fraction of sp³-hybridized carbons (Fsp3) is 0.261. The summed E-state index contributed by atoms with van der Waals surface area (Å²) in [4.78, 5) is 23.6. The molecule has 0 aliphatic rings. The van der Waals surface area contributed by atoms with Crippen molar-refractivity contribution in [2.24, 2.45) is 5.10 Å². The van der Waals surface area contributed by atoms with Crippen LogP contribution in [-0.2, 0) is 20.9 Å². The fourth-order valence-corrected chi connectivity index (χ4v) is 3.68. The summed E-state index contributed by atoms with van der Waals surface area (Å²) < 4.78 is 26.5. The van der Waals surface area contributed by atoms with Gasteiger partial charge in [-0.2, -0.15) is 5.10 Å². The molecule has 0 spiro atoms. The van der Waals surface area contributed by atoms with Gasteiger partial charge in [-0.1, -0.05) is 35.0 Å². The molecule has 0 saturated carbocycles. The average molecular weight is 569 g/mol. The fourth-order valence-electron chi connectivity index (χ4n) is 2.65. The maximum atomic E-state index is 12.1. The Labute approximate surface area is 226 Å². The molecule has 1 amide bonds. The van der Waals surface area contributed by atoms with Gasteiger partial charge in [-0.3, -0.25) is 4.79 Å². The number of nitrogens with one attached hydrogen (secondary N) is 1. The van der Waals surface area contributed by atoms with Gasteiger partial charge in [0.2, 0.25) is 0 Å². The Morgan fingerprint density at radius 1 is 1.11 bits per heavy atom. The lowest BCUT2D eigenvalue weighted by molar-refractivity contribution is -0.145. The van der Waals surface area contributed by atoms with E-state index in [1.807, 2.05) is 0 Å². The van der Waals surface area contributed by atoms with Crippen molar-refractivity contribution in [3.8, 4) is 17.2 Å². The van der Waals surface area contributed by atoms with Gasteiger partial charge in [0.1, 0.15) is 5.75 Å². The molecule has 0 bridgehead atoms. The number of methoxy groups -OCH3 is 1. The SMILES string of the molecule is CCOC(=O)COc1ccc(/C=N\NC(=O)CSc2nnc(COc3ccc(Cl)cc3Cl)o2)cc1OC. The first kappa shape index (κ1) is 28.1. The van der Waals surface area contributed by atoms with Crippen molar-refractivity contribution in [3.63, 3.8) is 0 Å². The highest BCUT2D eigenvalue weighted by Crippen LogP contribution is 2.29. The highest BCUT2D eigenvalue weighted by molar-refractivity contribution is 7.99. The van der Waals surface area contributed by atoms with Gasteiger partial charge < -0.3 is 23.4 Å². The van der Waals surface area contributed by atoms with E-state index in [2.05, 4.69) is 20.7 Å². The molecule has 3 aromatic rings. The Balaban J connectivity index is 1.43. The number of halogens is 2. The summed E-state index contributed by atoms with van der Waals surface area (Å²) in [6, 6.07) is 9.79. The summed E-state index contributed by atoms with van der Waals surface area (Å²) in [5.41, 5.74) is 3.04. The van der Waals surface area contributed by atoms with E-state index in [1.165, 1.54) is 13.3 Å². The summed E-state index contributed by atoms with van der Waals surface area (Å²) in [6.07, 6.45) is 1.43. The standard InChI is InChI=1S/C23H22Cl2N4O7S/c1-3-33-22(31)12-35-18-6-4-14(8-19(18)32-2)10-26-27-20(30)13-37-23-29-28-21(36-23)11-34-17-7-5-15(24)9-16(17)25/h4-10H,3,11-13H2,1-2H3,(H,27,30)/b26-10-. The molecule has 0 aliphatic carbocycles. The molecule has 3 rings (SSSR count). The summed E-state index contributed by atoms with van der Waals surface area (Å²) >= 11 is 13.0. The van der Waals surface area contributed by atoms with Gasteiger partial charge in [-0.15, -0.1) is 10.2 Å². The van der Waals surface area contributed by atoms with E-state index in [1.54, 1.807) is 43.3 Å². The maximum absolute atomic E-state index is 12.1. The Kier molecular flexibility index (Phi) is 10.9. The zero-order chi connectivity index (χ0) is 26.6. The van der Waals surface area contributed by atoms with Crippen LogP contribution in [0.25, 0.3) is 0 Å². The molecule has 1 N–H and O–H groups in total. The van der Waals surface area contributed by atoms with Crippen LogP contribution in [0.15, 0.2) is 51.1 Å². The number of aromatic nitrogens is 2. The van der Waals surface area contributed by atoms with Crippen LogP contribution in [0.4, 0.5) is 0 Å². The van der Waals surface area contributed by atoms with Gasteiger partial charge in [0.15, 0.2) is 24.7 Å². The normalized spacial score (nSPS) is 10.8. The summed E-state index contributed by atoms with van der Waals surface area (Å²) in [5, 5.41) is 12.7. The monoisotopic (exact) mass is 568 g/mol. The first-order chi connectivity index (χ1) is 17.9. The number of nitrogens with zero attached hydrogens (tertiary/aromatic N) is 3. The summed E-state index contributed by atoms with van der Waals surface area (Å²) in [5.74, 6) is 0.531. The van der Waals surface area contributed by atoms with E-state index < -0.39 is 5.97 Å². The second-order valence-corrected chi connectivity index (χ2v) is 8.68. The molecular weight excluding hydrogens is 547 g/mol. The van der Waals surface area contributed by atoms with Crippen molar-refractivity contribution in [2.45, 2.75) is 18.8 Å². The third kappa shape index (κ3) is 9.16. The Morgan fingerprint density at radius 3 is 2.68 bits per heavy atom. The predicted molar refractivity (Wildman–Crippen MR) is 137 cm³/mol. The Hall–Kier alpha value is -3.48. The minimum Gasteiger partial charge on any atom is -0.493 e. The zero-order valence-corrected chi connectivity index (χ0v) is 22.1. The molecule has 11 nitrogen and oxygen atoms in total. The van der Waals surface area contributed by atoms with Gasteiger partial charge >= 0.3 is 5.97 Å². The molecular formula is C23H22Cl2N4O7S. The number of benzene rings is 2. The van der Waals surface area contributed by atoms with Gasteiger partial charge in [0, 0.05) is 5.02 Å². The topological polar surface area (TPSA) is 134 Å². The first-order valence-corrected chi connectivity index (χ1v) is 12.4. The van der Waals surface area contributed by atoms with E-state index in [9.17, 15) is 9.59 Å². The van der Waals surface area contributed by atoms with E-state index in [0.29, 0.717) is 32.9 Å². The van der Waals surface area contributed by atoms with Crippen molar-refractivity contribution >= 4 is 53.1 Å². The zero-order valence-electron chi connectivity index (χ0n) is 19.7. The molecule has 0 fully saturated rings. The van der Waals surface area contributed by atoms with Crippen LogP contribution >= 0.6 is 35.0 Å². The highest BCUT2D eigenvalue weighted by atomic mass is 35.5. The van der Waals surface area contributed by atoms with Gasteiger partial charge in [-0.05, 0) is 48.9 Å². The molecule has 14 heteroatoms. The van der Waals surface area contributed by atoms with E-state index in [0.717, 1.165) is 11.8 Å². The predicted octanol–water partition coefficient (Wildman–Crippen LogP) is 4.15. The molecule has 1 heterocycles. The number of ether oxygens (including phenoxy) is 4. The number of hydrogen-bond donors (Lipinski definition) is 1. The average Bonchev–Trinajstić information content (AvgIpc) is 3.34. The molecule has 0 saturated heterocycles. The smallest absolute Gasteiger partial charge is 0.344 e. The number of thioether (sulfide) groups is 1. The molecule has 196 valence electrons. The third-order valence-electron chi connectivity index (χ3n) is 4.26. The van der Waals surface area contributed by atoms with Gasteiger partial charge in [0.05, 0.1) is 30.7 Å².